The van der Waals surface area contributed by atoms with Gasteiger partial charge in [0.05, 0.1) is 21.7 Å². The first-order chi connectivity index (χ1) is 16.4. The van der Waals surface area contributed by atoms with Crippen molar-refractivity contribution < 1.29 is 14.6 Å². The van der Waals surface area contributed by atoms with Gasteiger partial charge in [0.1, 0.15) is 5.69 Å². The van der Waals surface area contributed by atoms with Crippen LogP contribution in [-0.2, 0) is 0 Å². The van der Waals surface area contributed by atoms with Crippen molar-refractivity contribution in [1.29, 1.82) is 0 Å². The number of hydrogen-bond donors (Lipinski definition) is 1. The number of non-ortho nitro benzene ring substituents is 2. The zero-order chi connectivity index (χ0) is 24.1. The van der Waals surface area contributed by atoms with Crippen LogP contribution in [-0.4, -0.2) is 31.7 Å². The summed E-state index contributed by atoms with van der Waals surface area (Å²) in [6.45, 7) is 0. The second kappa shape index (κ2) is 9.53. The van der Waals surface area contributed by atoms with Crippen molar-refractivity contribution in [1.82, 2.24) is 15.2 Å². The number of hydrogen-bond acceptors (Lipinski definition) is 7. The molecule has 1 heterocycles. The van der Waals surface area contributed by atoms with Gasteiger partial charge >= 0.3 is 0 Å². The van der Waals surface area contributed by atoms with Gasteiger partial charge in [-0.25, -0.2) is 10.1 Å². The fourth-order valence-electron chi connectivity index (χ4n) is 3.17. The molecule has 0 aliphatic heterocycles. The van der Waals surface area contributed by atoms with E-state index in [4.69, 9.17) is 0 Å². The van der Waals surface area contributed by atoms with Crippen LogP contribution < -0.4 is 5.43 Å². The number of carbonyl (C=O) groups excluding carboxylic acids is 1. The number of amides is 1. The maximum Gasteiger partial charge on any atom is 0.271 e. The topological polar surface area (TPSA) is 146 Å². The smallest absolute Gasteiger partial charge is 0.267 e. The predicted octanol–water partition coefficient (Wildman–Crippen LogP) is 4.12. The maximum atomic E-state index is 12.4. The molecule has 0 aliphatic carbocycles. The lowest BCUT2D eigenvalue weighted by molar-refractivity contribution is -0.385. The van der Waals surface area contributed by atoms with E-state index in [1.165, 1.54) is 36.5 Å². The molecule has 0 saturated carbocycles. The van der Waals surface area contributed by atoms with Crippen LogP contribution in [0.25, 0.3) is 16.9 Å². The molecule has 11 nitrogen and oxygen atoms in total. The summed E-state index contributed by atoms with van der Waals surface area (Å²) in [5, 5.41) is 30.6. The van der Waals surface area contributed by atoms with E-state index in [1.807, 2.05) is 30.3 Å². The highest BCUT2D eigenvalue weighted by Gasteiger charge is 2.15. The van der Waals surface area contributed by atoms with Crippen molar-refractivity contribution >= 4 is 23.5 Å². The van der Waals surface area contributed by atoms with E-state index in [0.29, 0.717) is 16.8 Å². The molecule has 0 aliphatic rings. The Labute approximate surface area is 192 Å². The molecule has 34 heavy (non-hydrogen) atoms. The standard InChI is InChI=1S/C23H16N6O5/c30-23(17-7-5-11-21(13-17)29(33)34)25-24-14-18-15-27(19-8-2-1-3-9-19)26-22(18)16-6-4-10-20(12-16)28(31)32/h1-15H,(H,25,30). The second-order valence-electron chi connectivity index (χ2n) is 7.03. The number of rotatable bonds is 7. The molecular weight excluding hydrogens is 440 g/mol. The average molecular weight is 456 g/mol. The van der Waals surface area contributed by atoms with Crippen LogP contribution in [0.4, 0.5) is 11.4 Å². The quantitative estimate of drug-likeness (QED) is 0.251. The summed E-state index contributed by atoms with van der Waals surface area (Å²) in [7, 11) is 0. The third-order valence-electron chi connectivity index (χ3n) is 4.78. The van der Waals surface area contributed by atoms with E-state index in [0.717, 1.165) is 11.8 Å². The van der Waals surface area contributed by atoms with Crippen LogP contribution >= 0.6 is 0 Å². The lowest BCUT2D eigenvalue weighted by atomic mass is 10.1. The molecule has 0 saturated heterocycles. The molecule has 4 aromatic rings. The van der Waals surface area contributed by atoms with Gasteiger partial charge in [0, 0.05) is 47.2 Å². The summed E-state index contributed by atoms with van der Waals surface area (Å²) < 4.78 is 1.60. The summed E-state index contributed by atoms with van der Waals surface area (Å²) in [6, 6.07) is 20.5. The number of carbonyl (C=O) groups is 1. The molecule has 0 fully saturated rings. The van der Waals surface area contributed by atoms with Crippen LogP contribution in [0.1, 0.15) is 15.9 Å². The van der Waals surface area contributed by atoms with E-state index in [1.54, 1.807) is 23.0 Å². The average Bonchev–Trinajstić information content (AvgIpc) is 3.29. The molecule has 0 radical (unpaired) electrons. The SMILES string of the molecule is O=C(NN=Cc1cn(-c2ccccc2)nc1-c1cccc([N+](=O)[O-])c1)c1cccc([N+](=O)[O-])c1. The summed E-state index contributed by atoms with van der Waals surface area (Å²) in [5.74, 6) is -0.632. The Kier molecular flexibility index (Phi) is 6.17. The molecule has 168 valence electrons. The van der Waals surface area contributed by atoms with Crippen molar-refractivity contribution in [3.8, 4) is 16.9 Å². The molecule has 11 heteroatoms. The van der Waals surface area contributed by atoms with Gasteiger partial charge in [0.2, 0.25) is 0 Å². The van der Waals surface area contributed by atoms with Crippen molar-refractivity contribution in [2.24, 2.45) is 5.10 Å². The number of benzene rings is 3. The first-order valence-corrected chi connectivity index (χ1v) is 9.90. The summed E-state index contributed by atoms with van der Waals surface area (Å²) in [5.41, 5.74) is 4.27. The largest absolute Gasteiger partial charge is 0.271 e. The Hall–Kier alpha value is -5.19. The number of nitro groups is 2. The molecule has 1 amide bonds. The van der Waals surface area contributed by atoms with Gasteiger partial charge in [-0.2, -0.15) is 10.2 Å². The fraction of sp³-hybridized carbons (Fsp3) is 0. The molecule has 4 rings (SSSR count). The molecule has 0 bridgehead atoms. The monoisotopic (exact) mass is 456 g/mol. The molecule has 0 atom stereocenters. The van der Waals surface area contributed by atoms with Gasteiger partial charge in [-0.1, -0.05) is 36.4 Å². The zero-order valence-corrected chi connectivity index (χ0v) is 17.4. The van der Waals surface area contributed by atoms with Gasteiger partial charge in [0.15, 0.2) is 0 Å². The van der Waals surface area contributed by atoms with Gasteiger partial charge in [-0.05, 0) is 18.2 Å². The van der Waals surface area contributed by atoms with Crippen LogP contribution in [0.2, 0.25) is 0 Å². The van der Waals surface area contributed by atoms with Crippen LogP contribution in [0.5, 0.6) is 0 Å². The Bertz CT molecular complexity index is 1410. The Morgan fingerprint density at radius 2 is 1.59 bits per heavy atom. The highest BCUT2D eigenvalue weighted by molar-refractivity contribution is 5.96. The fourth-order valence-corrected chi connectivity index (χ4v) is 3.17. The molecule has 1 aromatic heterocycles. The van der Waals surface area contributed by atoms with E-state index >= 15 is 0 Å². The minimum atomic E-state index is -0.632. The highest BCUT2D eigenvalue weighted by Crippen LogP contribution is 2.26. The van der Waals surface area contributed by atoms with Crippen LogP contribution in [0.15, 0.2) is 90.2 Å². The van der Waals surface area contributed by atoms with E-state index in [2.05, 4.69) is 15.6 Å². The second-order valence-corrected chi connectivity index (χ2v) is 7.03. The number of aromatic nitrogens is 2. The van der Waals surface area contributed by atoms with Crippen molar-refractivity contribution in [2.75, 3.05) is 0 Å². The maximum absolute atomic E-state index is 12.4. The van der Waals surface area contributed by atoms with Crippen molar-refractivity contribution in [3.63, 3.8) is 0 Å². The van der Waals surface area contributed by atoms with Gasteiger partial charge in [-0.15, -0.1) is 0 Å². The number of nitro benzene ring substituents is 2. The van der Waals surface area contributed by atoms with E-state index in [9.17, 15) is 25.0 Å². The predicted molar refractivity (Wildman–Crippen MR) is 124 cm³/mol. The number of nitrogens with zero attached hydrogens (tertiary/aromatic N) is 5. The lowest BCUT2D eigenvalue weighted by Crippen LogP contribution is -2.17. The number of para-hydroxylation sites is 1. The van der Waals surface area contributed by atoms with E-state index in [-0.39, 0.29) is 16.9 Å². The molecule has 0 spiro atoms. The number of nitrogens with one attached hydrogen (secondary N) is 1. The third-order valence-corrected chi connectivity index (χ3v) is 4.78. The Balaban J connectivity index is 1.65. The first-order valence-electron chi connectivity index (χ1n) is 9.90. The summed E-state index contributed by atoms with van der Waals surface area (Å²) >= 11 is 0. The normalized spacial score (nSPS) is 10.8. The molecule has 0 unspecified atom stereocenters. The zero-order valence-electron chi connectivity index (χ0n) is 17.4. The van der Waals surface area contributed by atoms with E-state index < -0.39 is 15.8 Å². The minimum absolute atomic E-state index is 0.0743. The molecule has 3 aromatic carbocycles. The molecular formula is C23H16N6O5. The molecule has 1 N–H and O–H groups in total. The van der Waals surface area contributed by atoms with Crippen molar-refractivity contribution in [2.45, 2.75) is 0 Å². The highest BCUT2D eigenvalue weighted by atomic mass is 16.6. The van der Waals surface area contributed by atoms with Crippen molar-refractivity contribution in [3.05, 3.63) is 116 Å². The Morgan fingerprint density at radius 3 is 2.29 bits per heavy atom. The lowest BCUT2D eigenvalue weighted by Gasteiger charge is -2.01. The Morgan fingerprint density at radius 1 is 0.912 bits per heavy atom. The number of hydrazone groups is 1. The van der Waals surface area contributed by atoms with Gasteiger partial charge in [-0.3, -0.25) is 25.0 Å². The third kappa shape index (κ3) is 4.83. The van der Waals surface area contributed by atoms with Crippen LogP contribution in [0.3, 0.4) is 0 Å². The van der Waals surface area contributed by atoms with Gasteiger partial charge in [0.25, 0.3) is 17.3 Å². The van der Waals surface area contributed by atoms with Crippen LogP contribution in [0, 0.1) is 20.2 Å². The summed E-state index contributed by atoms with van der Waals surface area (Å²) in [4.78, 5) is 33.4. The van der Waals surface area contributed by atoms with Gasteiger partial charge < -0.3 is 0 Å². The minimum Gasteiger partial charge on any atom is -0.267 e. The first kappa shape index (κ1) is 22.0. The summed E-state index contributed by atoms with van der Waals surface area (Å²) in [6.07, 6.45) is 3.03.